The normalized spacial score (nSPS) is 12.3. The second-order valence-electron chi connectivity index (χ2n) is 10.4. The molecule has 0 heterocycles. The van der Waals surface area contributed by atoms with Crippen LogP contribution in [-0.4, -0.2) is 12.7 Å². The number of halogens is 4. The molecular weight excluding hydrogens is 438 g/mol. The van der Waals surface area contributed by atoms with Gasteiger partial charge in [-0.05, 0) is 72.0 Å². The molecule has 0 atom stereocenters. The fraction of sp³-hybridized carbons (Fsp3) is 0.586. The Morgan fingerprint density at radius 1 is 0.676 bits per heavy atom. The van der Waals surface area contributed by atoms with Crippen molar-refractivity contribution in [3.05, 3.63) is 70.5 Å². The zero-order valence-corrected chi connectivity index (χ0v) is 21.0. The highest BCUT2D eigenvalue weighted by molar-refractivity contribution is 5.28. The molecule has 0 aliphatic heterocycles. The van der Waals surface area contributed by atoms with Gasteiger partial charge in [-0.3, -0.25) is 0 Å². The molecule has 0 saturated heterocycles. The molecule has 0 unspecified atom stereocenters. The lowest BCUT2D eigenvalue weighted by Crippen LogP contribution is -2.17. The maximum Gasteiger partial charge on any atom is 0.389 e. The van der Waals surface area contributed by atoms with Gasteiger partial charge in [0.25, 0.3) is 0 Å². The first-order valence-corrected chi connectivity index (χ1v) is 12.7. The van der Waals surface area contributed by atoms with Gasteiger partial charge in [-0.2, -0.15) is 13.2 Å². The second kappa shape index (κ2) is 13.9. The molecule has 1 N–H and O–H groups in total. The molecule has 2 rings (SSSR count). The van der Waals surface area contributed by atoms with Crippen molar-refractivity contribution in [3.8, 4) is 0 Å². The third kappa shape index (κ3) is 12.0. The van der Waals surface area contributed by atoms with Crippen LogP contribution in [0.2, 0.25) is 0 Å². The average molecular weight is 480 g/mol. The standard InChI is InChI=1S/C29H41F4N/c1-28(2,3)26-14-12-23(13-15-26)22-34-18-16-25-19-24(20-27(30)21-25)11-9-7-5-4-6-8-10-17-29(31,32)33/h12-15,19-21,34H,4-11,16-18,22H2,1-3H3. The summed E-state index contributed by atoms with van der Waals surface area (Å²) in [6.45, 7) is 8.21. The predicted octanol–water partition coefficient (Wildman–Crippen LogP) is 8.68. The summed E-state index contributed by atoms with van der Waals surface area (Å²) >= 11 is 0. The molecule has 0 aromatic heterocycles. The van der Waals surface area contributed by atoms with Gasteiger partial charge in [0, 0.05) is 13.0 Å². The van der Waals surface area contributed by atoms with E-state index in [-0.39, 0.29) is 17.7 Å². The van der Waals surface area contributed by atoms with Crippen molar-refractivity contribution in [3.63, 3.8) is 0 Å². The number of alkyl halides is 3. The highest BCUT2D eigenvalue weighted by Gasteiger charge is 2.25. The lowest BCUT2D eigenvalue weighted by molar-refractivity contribution is -0.135. The Bertz CT molecular complexity index is 835. The Hall–Kier alpha value is -1.88. The lowest BCUT2D eigenvalue weighted by Gasteiger charge is -2.19. The van der Waals surface area contributed by atoms with Crippen LogP contribution < -0.4 is 5.32 Å². The van der Waals surface area contributed by atoms with Crippen molar-refractivity contribution in [2.75, 3.05) is 6.54 Å². The van der Waals surface area contributed by atoms with Gasteiger partial charge in [-0.15, -0.1) is 0 Å². The van der Waals surface area contributed by atoms with E-state index in [1.807, 2.05) is 0 Å². The molecule has 5 heteroatoms. The first-order valence-electron chi connectivity index (χ1n) is 12.7. The molecule has 0 amide bonds. The lowest BCUT2D eigenvalue weighted by atomic mass is 9.87. The Labute approximate surface area is 203 Å². The van der Waals surface area contributed by atoms with Crippen LogP contribution >= 0.6 is 0 Å². The summed E-state index contributed by atoms with van der Waals surface area (Å²) in [6, 6.07) is 14.0. The summed E-state index contributed by atoms with van der Waals surface area (Å²) in [5.41, 5.74) is 4.76. The molecule has 190 valence electrons. The van der Waals surface area contributed by atoms with Crippen LogP contribution in [0.25, 0.3) is 0 Å². The van der Waals surface area contributed by atoms with Gasteiger partial charge in [0.1, 0.15) is 5.82 Å². The number of rotatable bonds is 14. The number of aryl methyl sites for hydroxylation is 1. The van der Waals surface area contributed by atoms with Crippen LogP contribution in [0.5, 0.6) is 0 Å². The van der Waals surface area contributed by atoms with Crippen LogP contribution in [-0.2, 0) is 24.8 Å². The summed E-state index contributed by atoms with van der Waals surface area (Å²) in [7, 11) is 0. The molecule has 0 saturated carbocycles. The number of nitrogens with one attached hydrogen (secondary N) is 1. The topological polar surface area (TPSA) is 12.0 Å². The molecular formula is C29H41F4N. The van der Waals surface area contributed by atoms with Crippen LogP contribution in [0.3, 0.4) is 0 Å². The minimum absolute atomic E-state index is 0.153. The van der Waals surface area contributed by atoms with Crippen molar-refractivity contribution in [2.24, 2.45) is 0 Å². The molecule has 1 nitrogen and oxygen atoms in total. The maximum absolute atomic E-state index is 14.1. The Morgan fingerprint density at radius 2 is 1.24 bits per heavy atom. The number of unbranched alkanes of at least 4 members (excludes halogenated alkanes) is 6. The second-order valence-corrected chi connectivity index (χ2v) is 10.4. The highest BCUT2D eigenvalue weighted by atomic mass is 19.4. The SMILES string of the molecule is CC(C)(C)c1ccc(CNCCc2cc(F)cc(CCCCCCCCCC(F)(F)F)c2)cc1. The molecule has 2 aromatic rings. The van der Waals surface area contributed by atoms with Gasteiger partial charge in [0.2, 0.25) is 0 Å². The van der Waals surface area contributed by atoms with Gasteiger partial charge >= 0.3 is 6.18 Å². The fourth-order valence-corrected chi connectivity index (χ4v) is 4.13. The summed E-state index contributed by atoms with van der Waals surface area (Å²) in [5, 5.41) is 3.45. The van der Waals surface area contributed by atoms with Gasteiger partial charge in [0.05, 0.1) is 0 Å². The largest absolute Gasteiger partial charge is 0.389 e. The van der Waals surface area contributed by atoms with Crippen molar-refractivity contribution in [2.45, 2.75) is 103 Å². The van der Waals surface area contributed by atoms with Gasteiger partial charge in [0.15, 0.2) is 0 Å². The van der Waals surface area contributed by atoms with E-state index in [1.165, 1.54) is 11.1 Å². The molecule has 34 heavy (non-hydrogen) atoms. The van der Waals surface area contributed by atoms with Crippen molar-refractivity contribution >= 4 is 0 Å². The summed E-state index contributed by atoms with van der Waals surface area (Å²) in [5.74, 6) is -0.185. The maximum atomic E-state index is 14.1. The van der Waals surface area contributed by atoms with Crippen molar-refractivity contribution in [1.29, 1.82) is 0 Å². The number of benzene rings is 2. The highest BCUT2D eigenvalue weighted by Crippen LogP contribution is 2.24. The molecule has 2 aromatic carbocycles. The van der Waals surface area contributed by atoms with Crippen molar-refractivity contribution < 1.29 is 17.6 Å². The van der Waals surface area contributed by atoms with Gasteiger partial charge < -0.3 is 5.32 Å². The summed E-state index contributed by atoms with van der Waals surface area (Å²) in [4.78, 5) is 0. The Morgan fingerprint density at radius 3 is 1.82 bits per heavy atom. The first-order chi connectivity index (χ1) is 16.0. The fourth-order valence-electron chi connectivity index (χ4n) is 4.13. The molecule has 0 radical (unpaired) electrons. The van der Waals surface area contributed by atoms with E-state index in [2.05, 4.69) is 56.4 Å². The van der Waals surface area contributed by atoms with Crippen LogP contribution in [0.1, 0.15) is 94.4 Å². The van der Waals surface area contributed by atoms with E-state index in [9.17, 15) is 17.6 Å². The summed E-state index contributed by atoms with van der Waals surface area (Å²) in [6.07, 6.45) is 2.65. The molecule has 0 aliphatic rings. The zero-order valence-electron chi connectivity index (χ0n) is 21.0. The minimum atomic E-state index is -4.03. The third-order valence-corrected chi connectivity index (χ3v) is 6.18. The van der Waals surface area contributed by atoms with Gasteiger partial charge in [-0.25, -0.2) is 4.39 Å². The number of hydrogen-bond acceptors (Lipinski definition) is 1. The molecule has 0 spiro atoms. The van der Waals surface area contributed by atoms with Crippen molar-refractivity contribution in [1.82, 2.24) is 5.32 Å². The van der Waals surface area contributed by atoms with Crippen LogP contribution in [0.15, 0.2) is 42.5 Å². The molecule has 0 aliphatic carbocycles. The van der Waals surface area contributed by atoms with E-state index in [4.69, 9.17) is 0 Å². The minimum Gasteiger partial charge on any atom is -0.312 e. The Balaban J connectivity index is 1.63. The third-order valence-electron chi connectivity index (χ3n) is 6.18. The Kier molecular flexibility index (Phi) is 11.6. The van der Waals surface area contributed by atoms with Crippen LogP contribution in [0, 0.1) is 5.82 Å². The molecule has 0 fully saturated rings. The zero-order chi connectivity index (χ0) is 25.0. The van der Waals surface area contributed by atoms with E-state index < -0.39 is 12.6 Å². The average Bonchev–Trinajstić information content (AvgIpc) is 2.74. The molecule has 0 bridgehead atoms. The van der Waals surface area contributed by atoms with E-state index in [1.54, 1.807) is 12.1 Å². The van der Waals surface area contributed by atoms with E-state index >= 15 is 0 Å². The number of hydrogen-bond donors (Lipinski definition) is 1. The van der Waals surface area contributed by atoms with E-state index in [0.717, 1.165) is 69.2 Å². The van der Waals surface area contributed by atoms with Gasteiger partial charge in [-0.1, -0.05) is 83.2 Å². The van der Waals surface area contributed by atoms with E-state index in [0.29, 0.717) is 6.42 Å². The monoisotopic (exact) mass is 479 g/mol. The predicted molar refractivity (Wildman–Crippen MR) is 134 cm³/mol. The van der Waals surface area contributed by atoms with Crippen LogP contribution in [0.4, 0.5) is 17.6 Å². The first kappa shape index (κ1) is 28.4. The summed E-state index contributed by atoms with van der Waals surface area (Å²) < 4.78 is 50.4. The smallest absolute Gasteiger partial charge is 0.312 e. The quantitative estimate of drug-likeness (QED) is 0.211.